The van der Waals surface area contributed by atoms with Crippen molar-refractivity contribution in [1.82, 2.24) is 0 Å². The van der Waals surface area contributed by atoms with E-state index in [0.29, 0.717) is 17.3 Å². The monoisotopic (exact) mass is 261 g/mol. The standard InChI is InChI=1S/C15H16ClNO/c1-10-3-6-15(11(2)7-10)18-9-12-4-5-13(16)14(17)8-12/h3-8H,9,17H2,1-2H3. The SMILES string of the molecule is Cc1ccc(OCc2ccc(Cl)c(N)c2)c(C)c1. The van der Waals surface area contributed by atoms with Crippen molar-refractivity contribution in [3.63, 3.8) is 0 Å². The summed E-state index contributed by atoms with van der Waals surface area (Å²) in [5, 5.41) is 0.574. The van der Waals surface area contributed by atoms with Gasteiger partial charge < -0.3 is 10.5 Å². The Hall–Kier alpha value is -1.67. The van der Waals surface area contributed by atoms with Gasteiger partial charge >= 0.3 is 0 Å². The zero-order chi connectivity index (χ0) is 13.1. The average molecular weight is 262 g/mol. The summed E-state index contributed by atoms with van der Waals surface area (Å²) in [5.41, 5.74) is 9.71. The van der Waals surface area contributed by atoms with Gasteiger partial charge in [0.25, 0.3) is 0 Å². The molecule has 2 rings (SSSR count). The van der Waals surface area contributed by atoms with Crippen molar-refractivity contribution in [2.45, 2.75) is 20.5 Å². The number of rotatable bonds is 3. The van der Waals surface area contributed by atoms with Crippen LogP contribution < -0.4 is 10.5 Å². The normalized spacial score (nSPS) is 10.4. The largest absolute Gasteiger partial charge is 0.489 e. The Morgan fingerprint density at radius 2 is 1.89 bits per heavy atom. The van der Waals surface area contributed by atoms with Crippen molar-refractivity contribution in [1.29, 1.82) is 0 Å². The molecule has 2 aromatic rings. The van der Waals surface area contributed by atoms with Crippen LogP contribution >= 0.6 is 11.6 Å². The van der Waals surface area contributed by atoms with Crippen LogP contribution in [0.1, 0.15) is 16.7 Å². The van der Waals surface area contributed by atoms with E-state index in [1.54, 1.807) is 6.07 Å². The third-order valence-corrected chi connectivity index (χ3v) is 3.13. The first-order chi connectivity index (χ1) is 8.56. The molecular weight excluding hydrogens is 246 g/mol. The molecule has 0 aromatic heterocycles. The van der Waals surface area contributed by atoms with Gasteiger partial charge in [0.05, 0.1) is 10.7 Å². The Morgan fingerprint density at radius 3 is 2.56 bits per heavy atom. The number of ether oxygens (including phenoxy) is 1. The van der Waals surface area contributed by atoms with E-state index >= 15 is 0 Å². The fourth-order valence-corrected chi connectivity index (χ4v) is 1.92. The predicted octanol–water partition coefficient (Wildman–Crippen LogP) is 4.12. The first-order valence-corrected chi connectivity index (χ1v) is 6.18. The highest BCUT2D eigenvalue weighted by molar-refractivity contribution is 6.33. The van der Waals surface area contributed by atoms with Crippen molar-refractivity contribution in [3.05, 3.63) is 58.1 Å². The second-order valence-corrected chi connectivity index (χ2v) is 4.82. The Kier molecular flexibility index (Phi) is 3.78. The number of hydrogen-bond acceptors (Lipinski definition) is 2. The second kappa shape index (κ2) is 5.32. The minimum atomic E-state index is 0.491. The average Bonchev–Trinajstić information content (AvgIpc) is 2.32. The minimum absolute atomic E-state index is 0.491. The Labute approximate surface area is 112 Å². The summed E-state index contributed by atoms with van der Waals surface area (Å²) >= 11 is 5.87. The molecule has 0 saturated carbocycles. The zero-order valence-corrected chi connectivity index (χ0v) is 11.3. The van der Waals surface area contributed by atoms with E-state index in [2.05, 4.69) is 13.0 Å². The third-order valence-electron chi connectivity index (χ3n) is 2.79. The number of hydrogen-bond donors (Lipinski definition) is 1. The highest BCUT2D eigenvalue weighted by Crippen LogP contribution is 2.22. The van der Waals surface area contributed by atoms with Gasteiger partial charge in [-0.15, -0.1) is 0 Å². The van der Waals surface area contributed by atoms with Crippen LogP contribution in [0.4, 0.5) is 5.69 Å². The molecule has 0 amide bonds. The summed E-state index contributed by atoms with van der Waals surface area (Å²) in [7, 11) is 0. The zero-order valence-electron chi connectivity index (χ0n) is 10.5. The molecule has 0 heterocycles. The van der Waals surface area contributed by atoms with Gasteiger partial charge in [-0.2, -0.15) is 0 Å². The second-order valence-electron chi connectivity index (χ2n) is 4.41. The highest BCUT2D eigenvalue weighted by atomic mass is 35.5. The summed E-state index contributed by atoms with van der Waals surface area (Å²) in [6.45, 7) is 4.60. The van der Waals surface area contributed by atoms with E-state index in [9.17, 15) is 0 Å². The molecular formula is C15H16ClNO. The van der Waals surface area contributed by atoms with Gasteiger partial charge in [0.1, 0.15) is 12.4 Å². The predicted molar refractivity (Wildman–Crippen MR) is 76.1 cm³/mol. The van der Waals surface area contributed by atoms with Gasteiger partial charge in [0.15, 0.2) is 0 Å². The van der Waals surface area contributed by atoms with Crippen molar-refractivity contribution in [2.24, 2.45) is 0 Å². The van der Waals surface area contributed by atoms with E-state index in [4.69, 9.17) is 22.1 Å². The summed E-state index contributed by atoms with van der Waals surface area (Å²) in [5.74, 6) is 0.897. The van der Waals surface area contributed by atoms with Crippen molar-refractivity contribution in [3.8, 4) is 5.75 Å². The maximum absolute atomic E-state index is 5.87. The van der Waals surface area contributed by atoms with Crippen LogP contribution in [0, 0.1) is 13.8 Å². The Morgan fingerprint density at radius 1 is 1.11 bits per heavy atom. The van der Waals surface area contributed by atoms with Gasteiger partial charge in [0, 0.05) is 0 Å². The molecule has 2 nitrogen and oxygen atoms in total. The number of nitrogens with two attached hydrogens (primary N) is 1. The van der Waals surface area contributed by atoms with Crippen LogP contribution in [0.3, 0.4) is 0 Å². The molecule has 0 atom stereocenters. The highest BCUT2D eigenvalue weighted by Gasteiger charge is 2.02. The summed E-state index contributed by atoms with van der Waals surface area (Å²) in [4.78, 5) is 0. The minimum Gasteiger partial charge on any atom is -0.489 e. The van der Waals surface area contributed by atoms with E-state index in [1.165, 1.54) is 5.56 Å². The van der Waals surface area contributed by atoms with Crippen molar-refractivity contribution in [2.75, 3.05) is 5.73 Å². The number of aryl methyl sites for hydroxylation is 2. The van der Waals surface area contributed by atoms with Crippen LogP contribution in [0.5, 0.6) is 5.75 Å². The molecule has 0 aliphatic carbocycles. The summed E-state index contributed by atoms with van der Waals surface area (Å²) in [6, 6.07) is 11.7. The maximum atomic E-state index is 5.87. The first kappa shape index (κ1) is 12.8. The Balaban J connectivity index is 2.09. The van der Waals surface area contributed by atoms with Gasteiger partial charge in [-0.05, 0) is 43.2 Å². The fourth-order valence-electron chi connectivity index (χ4n) is 1.81. The van der Waals surface area contributed by atoms with Gasteiger partial charge in [0.2, 0.25) is 0 Å². The quantitative estimate of drug-likeness (QED) is 0.844. The lowest BCUT2D eigenvalue weighted by Gasteiger charge is -2.10. The molecule has 0 unspecified atom stereocenters. The van der Waals surface area contributed by atoms with Crippen LogP contribution in [0.2, 0.25) is 5.02 Å². The van der Waals surface area contributed by atoms with E-state index in [-0.39, 0.29) is 0 Å². The molecule has 18 heavy (non-hydrogen) atoms. The summed E-state index contributed by atoms with van der Waals surface area (Å²) < 4.78 is 5.77. The van der Waals surface area contributed by atoms with Gasteiger partial charge in [-0.3, -0.25) is 0 Å². The molecule has 2 aromatic carbocycles. The Bertz CT molecular complexity index is 566. The van der Waals surface area contributed by atoms with Crippen LogP contribution in [-0.2, 0) is 6.61 Å². The smallest absolute Gasteiger partial charge is 0.122 e. The molecule has 0 fully saturated rings. The first-order valence-electron chi connectivity index (χ1n) is 5.80. The van der Waals surface area contributed by atoms with Gasteiger partial charge in [-0.1, -0.05) is 35.4 Å². The topological polar surface area (TPSA) is 35.2 Å². The number of benzene rings is 2. The lowest BCUT2D eigenvalue weighted by atomic mass is 10.1. The summed E-state index contributed by atoms with van der Waals surface area (Å²) in [6.07, 6.45) is 0. The van der Waals surface area contributed by atoms with E-state index < -0.39 is 0 Å². The fraction of sp³-hybridized carbons (Fsp3) is 0.200. The van der Waals surface area contributed by atoms with Crippen LogP contribution in [-0.4, -0.2) is 0 Å². The third kappa shape index (κ3) is 2.96. The van der Waals surface area contributed by atoms with Crippen molar-refractivity contribution < 1.29 is 4.74 Å². The molecule has 0 saturated heterocycles. The molecule has 0 bridgehead atoms. The lowest BCUT2D eigenvalue weighted by molar-refractivity contribution is 0.304. The molecule has 3 heteroatoms. The molecule has 0 spiro atoms. The van der Waals surface area contributed by atoms with Crippen LogP contribution in [0.25, 0.3) is 0 Å². The van der Waals surface area contributed by atoms with Gasteiger partial charge in [-0.25, -0.2) is 0 Å². The number of halogens is 1. The molecule has 0 radical (unpaired) electrons. The number of nitrogen functional groups attached to an aromatic ring is 1. The van der Waals surface area contributed by atoms with Crippen molar-refractivity contribution >= 4 is 17.3 Å². The number of anilines is 1. The molecule has 2 N–H and O–H groups in total. The van der Waals surface area contributed by atoms with E-state index in [1.807, 2.05) is 31.2 Å². The molecule has 0 aliphatic heterocycles. The maximum Gasteiger partial charge on any atom is 0.122 e. The van der Waals surface area contributed by atoms with Crippen LogP contribution in [0.15, 0.2) is 36.4 Å². The molecule has 0 aliphatic rings. The van der Waals surface area contributed by atoms with E-state index in [0.717, 1.165) is 16.9 Å². The molecule has 94 valence electrons. The lowest BCUT2D eigenvalue weighted by Crippen LogP contribution is -1.98.